The maximum atomic E-state index is 11.0. The Morgan fingerprint density at radius 1 is 1.19 bits per heavy atom. The van der Waals surface area contributed by atoms with Gasteiger partial charge in [-0.1, -0.05) is 12.1 Å². The molecule has 136 valence electrons. The summed E-state index contributed by atoms with van der Waals surface area (Å²) in [5, 5.41) is 18.1. The molecule has 26 heavy (non-hydrogen) atoms. The van der Waals surface area contributed by atoms with Gasteiger partial charge in [-0.15, -0.1) is 0 Å². The van der Waals surface area contributed by atoms with E-state index in [4.69, 9.17) is 21.7 Å². The maximum Gasteiger partial charge on any atom is 0.292 e. The molecular weight excluding hydrogens is 356 g/mol. The average Bonchev–Trinajstić information content (AvgIpc) is 2.65. The van der Waals surface area contributed by atoms with E-state index in [2.05, 4.69) is 15.8 Å². The second kappa shape index (κ2) is 8.77. The van der Waals surface area contributed by atoms with Crippen LogP contribution in [-0.4, -0.2) is 30.0 Å². The van der Waals surface area contributed by atoms with E-state index in [1.165, 1.54) is 6.07 Å². The van der Waals surface area contributed by atoms with Crippen LogP contribution in [0.25, 0.3) is 0 Å². The van der Waals surface area contributed by atoms with Gasteiger partial charge in [0.1, 0.15) is 17.2 Å². The number of nitrogens with zero attached hydrogens (tertiary/aromatic N) is 2. The molecule has 8 nitrogen and oxygen atoms in total. The lowest BCUT2D eigenvalue weighted by Crippen LogP contribution is -2.25. The van der Waals surface area contributed by atoms with E-state index in [-0.39, 0.29) is 16.5 Å². The van der Waals surface area contributed by atoms with Gasteiger partial charge >= 0.3 is 0 Å². The lowest BCUT2D eigenvalue weighted by molar-refractivity contribution is -0.383. The van der Waals surface area contributed by atoms with Crippen LogP contribution in [-0.2, 0) is 0 Å². The van der Waals surface area contributed by atoms with Gasteiger partial charge in [-0.3, -0.25) is 15.5 Å². The van der Waals surface area contributed by atoms with E-state index in [1.807, 2.05) is 6.07 Å². The molecule has 2 rings (SSSR count). The summed E-state index contributed by atoms with van der Waals surface area (Å²) in [6.45, 7) is 1.78. The summed E-state index contributed by atoms with van der Waals surface area (Å²) in [6.07, 6.45) is 0. The lowest BCUT2D eigenvalue weighted by atomic mass is 10.1. The van der Waals surface area contributed by atoms with Crippen molar-refractivity contribution in [2.24, 2.45) is 5.10 Å². The zero-order chi connectivity index (χ0) is 19.1. The van der Waals surface area contributed by atoms with Crippen molar-refractivity contribution >= 4 is 34.4 Å². The molecule has 0 unspecified atom stereocenters. The van der Waals surface area contributed by atoms with E-state index < -0.39 is 4.92 Å². The van der Waals surface area contributed by atoms with Crippen LogP contribution in [0.15, 0.2) is 47.6 Å². The first kappa shape index (κ1) is 19.1. The number of rotatable bonds is 6. The Morgan fingerprint density at radius 2 is 1.92 bits per heavy atom. The summed E-state index contributed by atoms with van der Waals surface area (Å²) in [5.74, 6) is 1.27. The average molecular weight is 374 g/mol. The molecule has 0 bridgehead atoms. The SMILES string of the molecule is COc1ccc(C(C)=NNC(=S)Nc2ccccc2[N+](=O)[O-])c(OC)c1. The minimum Gasteiger partial charge on any atom is -0.497 e. The van der Waals surface area contributed by atoms with Crippen molar-refractivity contribution in [2.75, 3.05) is 19.5 Å². The molecule has 0 fully saturated rings. The minimum atomic E-state index is -0.484. The first-order valence-electron chi connectivity index (χ1n) is 7.53. The van der Waals surface area contributed by atoms with Crippen LogP contribution in [0.2, 0.25) is 0 Å². The number of benzene rings is 2. The second-order valence-electron chi connectivity index (χ2n) is 5.10. The minimum absolute atomic E-state index is 0.0748. The molecule has 0 atom stereocenters. The van der Waals surface area contributed by atoms with Gasteiger partial charge in [0.25, 0.3) is 5.69 Å². The summed E-state index contributed by atoms with van der Waals surface area (Å²) in [6, 6.07) is 11.6. The molecule has 2 aromatic rings. The zero-order valence-electron chi connectivity index (χ0n) is 14.5. The Morgan fingerprint density at radius 3 is 2.58 bits per heavy atom. The molecule has 0 aliphatic heterocycles. The molecule has 0 amide bonds. The second-order valence-corrected chi connectivity index (χ2v) is 5.51. The number of nitro benzene ring substituents is 1. The number of nitrogens with one attached hydrogen (secondary N) is 2. The van der Waals surface area contributed by atoms with Crippen LogP contribution in [0, 0.1) is 10.1 Å². The lowest BCUT2D eigenvalue weighted by Gasteiger charge is -2.11. The number of para-hydroxylation sites is 2. The van der Waals surface area contributed by atoms with Crippen molar-refractivity contribution in [3.8, 4) is 11.5 Å². The van der Waals surface area contributed by atoms with Crippen molar-refractivity contribution in [3.63, 3.8) is 0 Å². The number of hydrogen-bond acceptors (Lipinski definition) is 6. The molecule has 9 heteroatoms. The monoisotopic (exact) mass is 374 g/mol. The molecule has 0 aliphatic carbocycles. The quantitative estimate of drug-likeness (QED) is 0.346. The predicted octanol–water partition coefficient (Wildman–Crippen LogP) is 3.32. The molecule has 2 N–H and O–H groups in total. The Bertz CT molecular complexity index is 854. The number of methoxy groups -OCH3 is 2. The molecule has 0 aliphatic rings. The normalized spacial score (nSPS) is 10.8. The Balaban J connectivity index is 2.12. The number of anilines is 1. The Hall–Kier alpha value is -3.20. The first-order valence-corrected chi connectivity index (χ1v) is 7.94. The molecule has 0 spiro atoms. The van der Waals surface area contributed by atoms with Crippen LogP contribution in [0.3, 0.4) is 0 Å². The van der Waals surface area contributed by atoms with Gasteiger partial charge in [-0.2, -0.15) is 5.10 Å². The van der Waals surface area contributed by atoms with Crippen LogP contribution in [0.4, 0.5) is 11.4 Å². The highest BCUT2D eigenvalue weighted by Gasteiger charge is 2.13. The third-order valence-corrected chi connectivity index (χ3v) is 3.67. The summed E-state index contributed by atoms with van der Waals surface area (Å²) in [4.78, 5) is 10.5. The van der Waals surface area contributed by atoms with Crippen molar-refractivity contribution < 1.29 is 14.4 Å². The summed E-state index contributed by atoms with van der Waals surface area (Å²) in [7, 11) is 3.13. The van der Waals surface area contributed by atoms with E-state index in [1.54, 1.807) is 51.5 Å². The fraction of sp³-hybridized carbons (Fsp3) is 0.176. The fourth-order valence-corrected chi connectivity index (χ4v) is 2.34. The summed E-state index contributed by atoms with van der Waals surface area (Å²) in [5.41, 5.74) is 4.26. The van der Waals surface area contributed by atoms with Gasteiger partial charge in [-0.05, 0) is 37.3 Å². The van der Waals surface area contributed by atoms with Crippen LogP contribution >= 0.6 is 12.2 Å². The van der Waals surface area contributed by atoms with Crippen LogP contribution in [0.5, 0.6) is 11.5 Å². The summed E-state index contributed by atoms with van der Waals surface area (Å²) >= 11 is 5.15. The highest BCUT2D eigenvalue weighted by atomic mass is 32.1. The van der Waals surface area contributed by atoms with Gasteiger partial charge in [0.05, 0.1) is 24.9 Å². The molecule has 0 saturated heterocycles. The van der Waals surface area contributed by atoms with E-state index in [0.29, 0.717) is 17.2 Å². The van der Waals surface area contributed by atoms with Crippen molar-refractivity contribution in [2.45, 2.75) is 6.92 Å². The van der Waals surface area contributed by atoms with E-state index in [9.17, 15) is 10.1 Å². The predicted molar refractivity (Wildman–Crippen MR) is 104 cm³/mol. The highest BCUT2D eigenvalue weighted by molar-refractivity contribution is 7.80. The highest BCUT2D eigenvalue weighted by Crippen LogP contribution is 2.25. The number of nitro groups is 1. The molecule has 0 saturated carbocycles. The fourth-order valence-electron chi connectivity index (χ4n) is 2.18. The van der Waals surface area contributed by atoms with Crippen molar-refractivity contribution in [3.05, 3.63) is 58.1 Å². The smallest absolute Gasteiger partial charge is 0.292 e. The number of hydrazone groups is 1. The van der Waals surface area contributed by atoms with Gasteiger partial charge in [-0.25, -0.2) is 0 Å². The summed E-state index contributed by atoms with van der Waals surface area (Å²) < 4.78 is 10.5. The molecule has 0 aromatic heterocycles. The van der Waals surface area contributed by atoms with Gasteiger partial charge < -0.3 is 14.8 Å². The third kappa shape index (κ3) is 4.67. The number of thiocarbonyl (C=S) groups is 1. The third-order valence-electron chi connectivity index (χ3n) is 3.47. The zero-order valence-corrected chi connectivity index (χ0v) is 15.3. The molecule has 0 radical (unpaired) electrons. The number of hydrogen-bond donors (Lipinski definition) is 2. The largest absolute Gasteiger partial charge is 0.497 e. The Labute approximate surface area is 156 Å². The number of ether oxygens (including phenoxy) is 2. The standard InChI is InChI=1S/C17H18N4O4S/c1-11(13-9-8-12(24-2)10-16(13)25-3)19-20-17(26)18-14-6-4-5-7-15(14)21(22)23/h4-10H,1-3H3,(H2,18,20,26). The van der Waals surface area contributed by atoms with E-state index >= 15 is 0 Å². The molecular formula is C17H18N4O4S. The van der Waals surface area contributed by atoms with Crippen molar-refractivity contribution in [1.82, 2.24) is 5.43 Å². The van der Waals surface area contributed by atoms with Crippen LogP contribution in [0.1, 0.15) is 12.5 Å². The first-order chi connectivity index (χ1) is 12.5. The van der Waals surface area contributed by atoms with Gasteiger partial charge in [0.2, 0.25) is 0 Å². The Kier molecular flexibility index (Phi) is 6.45. The van der Waals surface area contributed by atoms with Gasteiger partial charge in [0.15, 0.2) is 5.11 Å². The van der Waals surface area contributed by atoms with Gasteiger partial charge in [0, 0.05) is 17.7 Å². The molecule has 2 aromatic carbocycles. The van der Waals surface area contributed by atoms with E-state index in [0.717, 1.165) is 5.56 Å². The topological polar surface area (TPSA) is 98.0 Å². The van der Waals surface area contributed by atoms with Crippen LogP contribution < -0.4 is 20.2 Å². The maximum absolute atomic E-state index is 11.0. The van der Waals surface area contributed by atoms with Crippen molar-refractivity contribution in [1.29, 1.82) is 0 Å². The molecule has 0 heterocycles.